The Hall–Kier alpha value is -2.54. The number of carbonyl (C=O) groups excluding carboxylic acids is 1. The summed E-state index contributed by atoms with van der Waals surface area (Å²) in [5.41, 5.74) is 2.21. The molecule has 0 aliphatic carbocycles. The molecule has 152 valence electrons. The van der Waals surface area contributed by atoms with Crippen molar-refractivity contribution in [1.29, 1.82) is 0 Å². The normalized spacial score (nSPS) is 11.4. The molecule has 7 heteroatoms. The molecular formula is C21H28N2O4S. The molecule has 0 saturated carbocycles. The Bertz CT molecular complexity index is 922. The third-order valence-corrected chi connectivity index (χ3v) is 6.00. The van der Waals surface area contributed by atoms with Crippen molar-refractivity contribution in [3.63, 3.8) is 0 Å². The van der Waals surface area contributed by atoms with E-state index < -0.39 is 10.0 Å². The Morgan fingerprint density at radius 3 is 2.25 bits per heavy atom. The minimum absolute atomic E-state index is 0.0345. The maximum Gasteiger partial charge on any atom is 0.268 e. The van der Waals surface area contributed by atoms with Gasteiger partial charge in [-0.1, -0.05) is 37.6 Å². The van der Waals surface area contributed by atoms with Crippen molar-refractivity contribution in [2.45, 2.75) is 32.6 Å². The Balaban J connectivity index is 2.49. The van der Waals surface area contributed by atoms with Gasteiger partial charge in [-0.05, 0) is 49.6 Å². The summed E-state index contributed by atoms with van der Waals surface area (Å²) in [7, 11) is -2.59. The van der Waals surface area contributed by atoms with Crippen LogP contribution in [0.5, 0.6) is 5.75 Å². The molecule has 0 aromatic heterocycles. The molecule has 0 unspecified atom stereocenters. The van der Waals surface area contributed by atoms with Crippen molar-refractivity contribution in [1.82, 2.24) is 5.32 Å². The Morgan fingerprint density at radius 1 is 1.07 bits per heavy atom. The van der Waals surface area contributed by atoms with E-state index in [4.69, 9.17) is 4.74 Å². The molecule has 2 rings (SSSR count). The van der Waals surface area contributed by atoms with Gasteiger partial charge < -0.3 is 10.1 Å². The number of nitrogens with zero attached hydrogens (tertiary/aromatic N) is 1. The van der Waals surface area contributed by atoms with E-state index in [0.29, 0.717) is 12.2 Å². The molecule has 1 amide bonds. The van der Waals surface area contributed by atoms with Gasteiger partial charge in [0.25, 0.3) is 10.0 Å². The standard InChI is InChI=1S/C21H28N2O4S/c1-15(2)13-22-21(24)14-23(18-9-6-16(3)7-10-18)28(25,26)20-12-17(4)8-11-19(20)27-5/h6-12,15H,13-14H2,1-5H3,(H,22,24). The fraction of sp³-hybridized carbons (Fsp3) is 0.381. The second-order valence-electron chi connectivity index (χ2n) is 7.20. The molecule has 6 nitrogen and oxygen atoms in total. The smallest absolute Gasteiger partial charge is 0.268 e. The van der Waals surface area contributed by atoms with E-state index in [9.17, 15) is 13.2 Å². The summed E-state index contributed by atoms with van der Waals surface area (Å²) in [6.07, 6.45) is 0. The molecule has 1 N–H and O–H groups in total. The largest absolute Gasteiger partial charge is 0.495 e. The van der Waals surface area contributed by atoms with Gasteiger partial charge in [-0.25, -0.2) is 8.42 Å². The highest BCUT2D eigenvalue weighted by atomic mass is 32.2. The minimum atomic E-state index is -4.02. The van der Waals surface area contributed by atoms with Crippen LogP contribution in [-0.2, 0) is 14.8 Å². The van der Waals surface area contributed by atoms with E-state index >= 15 is 0 Å². The van der Waals surface area contributed by atoms with Gasteiger partial charge in [0.05, 0.1) is 12.8 Å². The molecule has 0 aliphatic heterocycles. The van der Waals surface area contributed by atoms with Crippen molar-refractivity contribution in [2.24, 2.45) is 5.92 Å². The SMILES string of the molecule is COc1ccc(C)cc1S(=O)(=O)N(CC(=O)NCC(C)C)c1ccc(C)cc1. The van der Waals surface area contributed by atoms with Crippen LogP contribution in [0.3, 0.4) is 0 Å². The molecule has 0 spiro atoms. The number of anilines is 1. The third kappa shape index (κ3) is 5.25. The van der Waals surface area contributed by atoms with Gasteiger partial charge in [0.15, 0.2) is 0 Å². The van der Waals surface area contributed by atoms with Crippen LogP contribution in [0.1, 0.15) is 25.0 Å². The van der Waals surface area contributed by atoms with Crippen molar-refractivity contribution < 1.29 is 17.9 Å². The van der Waals surface area contributed by atoms with E-state index in [1.165, 1.54) is 7.11 Å². The van der Waals surface area contributed by atoms with Crippen LogP contribution in [0.15, 0.2) is 47.4 Å². The highest BCUT2D eigenvalue weighted by molar-refractivity contribution is 7.93. The van der Waals surface area contributed by atoms with Crippen LogP contribution >= 0.6 is 0 Å². The lowest BCUT2D eigenvalue weighted by Gasteiger charge is -2.25. The maximum atomic E-state index is 13.5. The summed E-state index contributed by atoms with van der Waals surface area (Å²) < 4.78 is 33.4. The molecule has 0 saturated heterocycles. The zero-order chi connectivity index (χ0) is 20.9. The van der Waals surface area contributed by atoms with Crippen LogP contribution in [0, 0.1) is 19.8 Å². The molecule has 0 heterocycles. The predicted octanol–water partition coefficient (Wildman–Crippen LogP) is 3.28. The lowest BCUT2D eigenvalue weighted by Crippen LogP contribution is -2.41. The summed E-state index contributed by atoms with van der Waals surface area (Å²) in [6.45, 7) is 7.86. The fourth-order valence-electron chi connectivity index (χ4n) is 2.63. The number of carbonyl (C=O) groups is 1. The summed E-state index contributed by atoms with van der Waals surface area (Å²) in [4.78, 5) is 12.5. The van der Waals surface area contributed by atoms with Gasteiger partial charge in [-0.2, -0.15) is 0 Å². The maximum absolute atomic E-state index is 13.5. The van der Waals surface area contributed by atoms with Crippen molar-refractivity contribution >= 4 is 21.6 Å². The van der Waals surface area contributed by atoms with Crippen LogP contribution in [0.25, 0.3) is 0 Å². The third-order valence-electron chi connectivity index (χ3n) is 4.20. The first-order chi connectivity index (χ1) is 13.1. The monoisotopic (exact) mass is 404 g/mol. The van der Waals surface area contributed by atoms with Gasteiger partial charge in [-0.3, -0.25) is 9.10 Å². The molecule has 0 radical (unpaired) electrons. The summed E-state index contributed by atoms with van der Waals surface area (Å²) in [5.74, 6) is 0.153. The number of benzene rings is 2. The number of sulfonamides is 1. The number of aryl methyl sites for hydroxylation is 2. The molecule has 2 aromatic carbocycles. The van der Waals surface area contributed by atoms with Crippen molar-refractivity contribution in [3.8, 4) is 5.75 Å². The second-order valence-corrected chi connectivity index (χ2v) is 9.03. The van der Waals surface area contributed by atoms with Gasteiger partial charge in [-0.15, -0.1) is 0 Å². The van der Waals surface area contributed by atoms with E-state index in [1.54, 1.807) is 30.3 Å². The predicted molar refractivity (Wildman–Crippen MR) is 111 cm³/mol. The molecule has 0 aliphatic rings. The van der Waals surface area contributed by atoms with E-state index in [1.807, 2.05) is 39.8 Å². The summed E-state index contributed by atoms with van der Waals surface area (Å²) in [6, 6.07) is 12.0. The van der Waals surface area contributed by atoms with E-state index in [2.05, 4.69) is 5.32 Å². The number of rotatable bonds is 8. The molecule has 2 aromatic rings. The van der Waals surface area contributed by atoms with Crippen LogP contribution in [0.4, 0.5) is 5.69 Å². The first kappa shape index (κ1) is 21.8. The number of methoxy groups -OCH3 is 1. The van der Waals surface area contributed by atoms with Gasteiger partial charge >= 0.3 is 0 Å². The Labute approximate surface area is 167 Å². The highest BCUT2D eigenvalue weighted by Crippen LogP contribution is 2.30. The average molecular weight is 405 g/mol. The zero-order valence-electron chi connectivity index (χ0n) is 17.0. The lowest BCUT2D eigenvalue weighted by molar-refractivity contribution is -0.119. The molecule has 0 bridgehead atoms. The Morgan fingerprint density at radius 2 is 1.68 bits per heavy atom. The number of ether oxygens (including phenoxy) is 1. The second kappa shape index (κ2) is 9.10. The van der Waals surface area contributed by atoms with Crippen LogP contribution in [0.2, 0.25) is 0 Å². The van der Waals surface area contributed by atoms with Crippen LogP contribution in [-0.4, -0.2) is 34.5 Å². The molecule has 28 heavy (non-hydrogen) atoms. The minimum Gasteiger partial charge on any atom is -0.495 e. The zero-order valence-corrected chi connectivity index (χ0v) is 17.8. The highest BCUT2D eigenvalue weighted by Gasteiger charge is 2.30. The lowest BCUT2D eigenvalue weighted by atomic mass is 10.2. The number of hydrogen-bond acceptors (Lipinski definition) is 4. The summed E-state index contributed by atoms with van der Waals surface area (Å²) >= 11 is 0. The fourth-order valence-corrected chi connectivity index (χ4v) is 4.30. The van der Waals surface area contributed by atoms with E-state index in [0.717, 1.165) is 15.4 Å². The first-order valence-electron chi connectivity index (χ1n) is 9.16. The molecule has 0 fully saturated rings. The number of amides is 1. The average Bonchev–Trinajstić information content (AvgIpc) is 2.65. The van der Waals surface area contributed by atoms with Crippen molar-refractivity contribution in [3.05, 3.63) is 53.6 Å². The van der Waals surface area contributed by atoms with Crippen LogP contribution < -0.4 is 14.4 Å². The Kier molecular flexibility index (Phi) is 7.07. The van der Waals surface area contributed by atoms with Crippen molar-refractivity contribution in [2.75, 3.05) is 24.5 Å². The molecular weight excluding hydrogens is 376 g/mol. The topological polar surface area (TPSA) is 75.7 Å². The van der Waals surface area contributed by atoms with Gasteiger partial charge in [0, 0.05) is 6.54 Å². The number of nitrogens with one attached hydrogen (secondary N) is 1. The van der Waals surface area contributed by atoms with Gasteiger partial charge in [0.2, 0.25) is 5.91 Å². The summed E-state index contributed by atoms with van der Waals surface area (Å²) in [5, 5.41) is 2.78. The number of hydrogen-bond donors (Lipinski definition) is 1. The van der Waals surface area contributed by atoms with Gasteiger partial charge in [0.1, 0.15) is 17.2 Å². The van der Waals surface area contributed by atoms with E-state index in [-0.39, 0.29) is 29.0 Å². The first-order valence-corrected chi connectivity index (χ1v) is 10.6. The molecule has 0 atom stereocenters. The quantitative estimate of drug-likeness (QED) is 0.733.